The van der Waals surface area contributed by atoms with Gasteiger partial charge < -0.3 is 4.74 Å². The summed E-state index contributed by atoms with van der Waals surface area (Å²) < 4.78 is 8.75. The molecule has 7 heteroatoms. The van der Waals surface area contributed by atoms with E-state index in [-0.39, 0.29) is 16.8 Å². The van der Waals surface area contributed by atoms with Crippen LogP contribution in [-0.4, -0.2) is 28.1 Å². The quantitative estimate of drug-likeness (QED) is 0.467. The van der Waals surface area contributed by atoms with Gasteiger partial charge in [-0.3, -0.25) is 19.2 Å². The first kappa shape index (κ1) is 20.5. The van der Waals surface area contributed by atoms with E-state index in [2.05, 4.69) is 6.07 Å². The molecule has 5 rings (SSSR count). The summed E-state index contributed by atoms with van der Waals surface area (Å²) in [7, 11) is 3.50. The molecule has 0 radical (unpaired) electrons. The topological polar surface area (TPSA) is 56.5 Å². The van der Waals surface area contributed by atoms with Crippen LogP contribution in [0.4, 0.5) is 5.69 Å². The maximum absolute atomic E-state index is 13.5. The van der Waals surface area contributed by atoms with Crippen LogP contribution in [0.2, 0.25) is 0 Å². The van der Waals surface area contributed by atoms with E-state index in [9.17, 15) is 9.59 Å². The van der Waals surface area contributed by atoms with E-state index in [4.69, 9.17) is 4.74 Å². The Bertz CT molecular complexity index is 1390. The fraction of sp³-hybridized carbons (Fsp3) is 0.200. The Kier molecular flexibility index (Phi) is 5.06. The zero-order valence-electron chi connectivity index (χ0n) is 18.1. The fourth-order valence-electron chi connectivity index (χ4n) is 4.27. The van der Waals surface area contributed by atoms with Gasteiger partial charge in [0.05, 0.1) is 24.2 Å². The first-order valence-corrected chi connectivity index (χ1v) is 11.4. The van der Waals surface area contributed by atoms with Crippen molar-refractivity contribution in [2.24, 2.45) is 7.05 Å². The smallest absolute Gasteiger partial charge is 0.295 e. The highest BCUT2D eigenvalue weighted by atomic mass is 32.2. The summed E-state index contributed by atoms with van der Waals surface area (Å²) >= 11 is 1.55. The minimum Gasteiger partial charge on any atom is -0.497 e. The second-order valence-electron chi connectivity index (χ2n) is 7.81. The average molecular weight is 446 g/mol. The third-order valence-electron chi connectivity index (χ3n) is 5.99. The van der Waals surface area contributed by atoms with Gasteiger partial charge in [-0.15, -0.1) is 11.8 Å². The number of nitrogens with zero attached hydrogens (tertiary/aromatic N) is 3. The molecule has 0 bridgehead atoms. The van der Waals surface area contributed by atoms with E-state index < -0.39 is 0 Å². The van der Waals surface area contributed by atoms with Gasteiger partial charge in [0.25, 0.3) is 5.56 Å². The van der Waals surface area contributed by atoms with Crippen molar-refractivity contribution in [3.05, 3.63) is 88.3 Å². The molecule has 162 valence electrons. The molecule has 1 amide bonds. The number of fused-ring (bicyclic) bond motifs is 1. The molecule has 1 fully saturated rings. The van der Waals surface area contributed by atoms with Gasteiger partial charge >= 0.3 is 0 Å². The molecule has 1 atom stereocenters. The number of benzene rings is 3. The Morgan fingerprint density at radius 3 is 2.44 bits per heavy atom. The molecule has 1 aromatic heterocycles. The average Bonchev–Trinajstić information content (AvgIpc) is 3.29. The molecule has 4 aromatic rings. The third-order valence-corrected chi connectivity index (χ3v) is 7.20. The number of thioether (sulfide) groups is 1. The van der Waals surface area contributed by atoms with Crippen LogP contribution < -0.4 is 15.2 Å². The normalized spacial score (nSPS) is 16.2. The van der Waals surface area contributed by atoms with Crippen molar-refractivity contribution in [1.29, 1.82) is 0 Å². The third kappa shape index (κ3) is 3.20. The number of hydrogen-bond acceptors (Lipinski definition) is 4. The second-order valence-corrected chi connectivity index (χ2v) is 8.88. The molecule has 0 saturated carbocycles. The summed E-state index contributed by atoms with van der Waals surface area (Å²) in [6.07, 6.45) is 0. The highest BCUT2D eigenvalue weighted by Gasteiger charge is 2.38. The lowest BCUT2D eigenvalue weighted by molar-refractivity contribution is -0.115. The summed E-state index contributed by atoms with van der Waals surface area (Å²) in [6, 6.07) is 21.6. The van der Waals surface area contributed by atoms with Crippen molar-refractivity contribution in [2.45, 2.75) is 12.3 Å². The molecule has 3 aromatic carbocycles. The van der Waals surface area contributed by atoms with Gasteiger partial charge in [-0.1, -0.05) is 36.4 Å². The summed E-state index contributed by atoms with van der Waals surface area (Å²) in [5, 5.41) is 1.87. The van der Waals surface area contributed by atoms with Crippen molar-refractivity contribution in [3.63, 3.8) is 0 Å². The highest BCUT2D eigenvalue weighted by molar-refractivity contribution is 8.00. The molecule has 1 saturated heterocycles. The lowest BCUT2D eigenvalue weighted by atomic mass is 10.1. The molecule has 2 heterocycles. The van der Waals surface area contributed by atoms with Crippen LogP contribution in [0.3, 0.4) is 0 Å². The summed E-state index contributed by atoms with van der Waals surface area (Å²) in [5.41, 5.74) is 2.76. The number of carbonyl (C=O) groups is 1. The van der Waals surface area contributed by atoms with E-state index >= 15 is 0 Å². The number of anilines is 1. The van der Waals surface area contributed by atoms with Crippen molar-refractivity contribution in [3.8, 4) is 11.4 Å². The highest BCUT2D eigenvalue weighted by Crippen LogP contribution is 2.42. The number of ether oxygens (including phenoxy) is 1. The van der Waals surface area contributed by atoms with Crippen LogP contribution in [-0.2, 0) is 11.8 Å². The molecule has 0 spiro atoms. The van der Waals surface area contributed by atoms with Gasteiger partial charge in [0.15, 0.2) is 0 Å². The molecule has 1 unspecified atom stereocenters. The minimum atomic E-state index is -0.257. The minimum absolute atomic E-state index is 0.0548. The van der Waals surface area contributed by atoms with Crippen LogP contribution >= 0.6 is 11.8 Å². The Morgan fingerprint density at radius 2 is 1.69 bits per heavy atom. The Labute approximate surface area is 190 Å². The molecule has 1 aliphatic heterocycles. The predicted octanol–water partition coefficient (Wildman–Crippen LogP) is 4.42. The van der Waals surface area contributed by atoms with Gasteiger partial charge in [0.1, 0.15) is 16.8 Å². The first-order chi connectivity index (χ1) is 15.5. The van der Waals surface area contributed by atoms with E-state index in [1.54, 1.807) is 28.5 Å². The summed E-state index contributed by atoms with van der Waals surface area (Å²) in [5.74, 6) is 1.09. The largest absolute Gasteiger partial charge is 0.497 e. The Balaban J connectivity index is 1.61. The number of hydrogen-bond donors (Lipinski definition) is 0. The molecular weight excluding hydrogens is 422 g/mol. The number of carbonyl (C=O) groups excluding carboxylic acids is 1. The van der Waals surface area contributed by atoms with Crippen LogP contribution in [0, 0.1) is 6.92 Å². The van der Waals surface area contributed by atoms with E-state index in [0.717, 1.165) is 33.5 Å². The van der Waals surface area contributed by atoms with Gasteiger partial charge in [-0.2, -0.15) is 0 Å². The van der Waals surface area contributed by atoms with Crippen LogP contribution in [0.25, 0.3) is 16.5 Å². The lowest BCUT2D eigenvalue weighted by Crippen LogP contribution is -2.33. The summed E-state index contributed by atoms with van der Waals surface area (Å²) in [4.78, 5) is 28.2. The summed E-state index contributed by atoms with van der Waals surface area (Å²) in [6.45, 7) is 1.89. The number of para-hydroxylation sites is 1. The van der Waals surface area contributed by atoms with E-state index in [1.165, 1.54) is 0 Å². The predicted molar refractivity (Wildman–Crippen MR) is 129 cm³/mol. The molecule has 6 nitrogen and oxygen atoms in total. The van der Waals surface area contributed by atoms with Crippen LogP contribution in [0.15, 0.2) is 71.5 Å². The van der Waals surface area contributed by atoms with Crippen molar-refractivity contribution in [2.75, 3.05) is 17.8 Å². The SMILES string of the molecule is COc1ccc2cc(C3SCC(=O)N3c3c(C)n(C)n(-c4ccccc4)c3=O)ccc2c1. The zero-order chi connectivity index (χ0) is 22.4. The van der Waals surface area contributed by atoms with Crippen molar-refractivity contribution < 1.29 is 9.53 Å². The number of methoxy groups -OCH3 is 1. The lowest BCUT2D eigenvalue weighted by Gasteiger charge is -2.23. The van der Waals surface area contributed by atoms with Gasteiger partial charge in [-0.25, -0.2) is 4.68 Å². The number of aromatic nitrogens is 2. The van der Waals surface area contributed by atoms with Gasteiger partial charge in [-0.05, 0) is 53.6 Å². The van der Waals surface area contributed by atoms with Gasteiger partial charge in [0, 0.05) is 7.05 Å². The van der Waals surface area contributed by atoms with E-state index in [1.807, 2.05) is 79.3 Å². The number of rotatable bonds is 4. The Morgan fingerprint density at radius 1 is 0.969 bits per heavy atom. The fourth-order valence-corrected chi connectivity index (χ4v) is 5.42. The van der Waals surface area contributed by atoms with Crippen molar-refractivity contribution in [1.82, 2.24) is 9.36 Å². The van der Waals surface area contributed by atoms with Crippen LogP contribution in [0.1, 0.15) is 16.6 Å². The maximum atomic E-state index is 13.5. The van der Waals surface area contributed by atoms with Crippen molar-refractivity contribution >= 4 is 34.1 Å². The second kappa shape index (κ2) is 7.91. The van der Waals surface area contributed by atoms with Gasteiger partial charge in [0.2, 0.25) is 5.91 Å². The molecule has 32 heavy (non-hydrogen) atoms. The van der Waals surface area contributed by atoms with E-state index in [0.29, 0.717) is 11.4 Å². The molecule has 0 N–H and O–H groups in total. The standard InChI is InChI=1S/C25H23N3O3S/c1-16-23(24(30)28(26(16)2)20-7-5-4-6-8-20)27-22(29)15-32-25(27)19-10-9-18-14-21(31-3)12-11-17(18)13-19/h4-14,25H,15H2,1-3H3. The Hall–Kier alpha value is -3.45. The van der Waals surface area contributed by atoms with Crippen LogP contribution in [0.5, 0.6) is 5.75 Å². The monoisotopic (exact) mass is 445 g/mol. The zero-order valence-corrected chi connectivity index (χ0v) is 18.9. The molecule has 0 aliphatic carbocycles. The number of amides is 1. The molecular formula is C25H23N3O3S. The maximum Gasteiger partial charge on any atom is 0.295 e. The first-order valence-electron chi connectivity index (χ1n) is 10.3. The molecule has 1 aliphatic rings.